The Hall–Kier alpha value is -0.850. The molecule has 0 N–H and O–H groups in total. The summed E-state index contributed by atoms with van der Waals surface area (Å²) in [5, 5.41) is 9.71. The molecule has 1 aromatic carbocycles. The summed E-state index contributed by atoms with van der Waals surface area (Å²) in [4.78, 5) is 11.0. The summed E-state index contributed by atoms with van der Waals surface area (Å²) < 4.78 is 0.832. The lowest BCUT2D eigenvalue weighted by molar-refractivity contribution is -0.126. The molecule has 4 heteroatoms. The van der Waals surface area contributed by atoms with E-state index < -0.39 is 5.41 Å². The van der Waals surface area contributed by atoms with Crippen LogP contribution in [0.2, 0.25) is 5.02 Å². The third kappa shape index (κ3) is 1.80. The molecule has 2 rings (SSSR count). The normalized spacial score (nSPS) is 18.1. The molecule has 0 heterocycles. The monoisotopic (exact) mass is 283 g/mol. The summed E-state index contributed by atoms with van der Waals surface area (Å²) in [5.41, 5.74) is 0.175. The van der Waals surface area contributed by atoms with Crippen LogP contribution in [0.1, 0.15) is 18.4 Å². The summed E-state index contributed by atoms with van der Waals surface area (Å²) in [7, 11) is 0. The van der Waals surface area contributed by atoms with Gasteiger partial charge in [-0.25, -0.2) is 0 Å². The first-order valence-corrected chi connectivity index (χ1v) is 5.62. The lowest BCUT2D eigenvalue weighted by atomic mass is 9.65. The Bertz CT molecular complexity index is 450. The molecule has 0 aliphatic heterocycles. The molecule has 1 fully saturated rings. The fourth-order valence-corrected chi connectivity index (χ4v) is 2.66. The molecule has 0 spiro atoms. The number of hydrogen-bond donors (Lipinski definition) is 0. The topological polar surface area (TPSA) is 40.9 Å². The molecule has 0 radical (unpaired) electrons. The summed E-state index contributed by atoms with van der Waals surface area (Å²) in [5.74, 6) is 0.132. The van der Waals surface area contributed by atoms with Crippen molar-refractivity contribution in [3.8, 4) is 6.07 Å². The first-order chi connectivity index (χ1) is 7.05. The van der Waals surface area contributed by atoms with E-state index in [4.69, 9.17) is 16.9 Å². The zero-order valence-corrected chi connectivity index (χ0v) is 10.1. The van der Waals surface area contributed by atoms with Crippen LogP contribution < -0.4 is 0 Å². The van der Waals surface area contributed by atoms with Crippen LogP contribution in [0, 0.1) is 11.3 Å². The molecule has 0 atom stereocenters. The second kappa shape index (κ2) is 3.62. The van der Waals surface area contributed by atoms with Crippen LogP contribution in [-0.4, -0.2) is 5.78 Å². The number of nitriles is 1. The van der Waals surface area contributed by atoms with Crippen LogP contribution >= 0.6 is 27.5 Å². The average Bonchev–Trinajstić information content (AvgIpc) is 2.10. The van der Waals surface area contributed by atoms with E-state index in [0.29, 0.717) is 17.9 Å². The summed E-state index contributed by atoms with van der Waals surface area (Å²) >= 11 is 9.23. The van der Waals surface area contributed by atoms with Crippen molar-refractivity contribution in [2.24, 2.45) is 0 Å². The molecule has 0 saturated heterocycles. The SMILES string of the molecule is N#CC1(c2cc(Cl)cc(Br)c2)CC(=O)C1. The van der Waals surface area contributed by atoms with Crippen molar-refractivity contribution < 1.29 is 4.79 Å². The molecule has 0 aromatic heterocycles. The second-order valence-corrected chi connectivity index (χ2v) is 5.10. The van der Waals surface area contributed by atoms with Crippen molar-refractivity contribution in [1.82, 2.24) is 0 Å². The fourth-order valence-electron chi connectivity index (χ4n) is 1.80. The number of ketones is 1. The van der Waals surface area contributed by atoms with E-state index in [1.807, 2.05) is 6.07 Å². The number of nitrogens with zero attached hydrogens (tertiary/aromatic N) is 1. The van der Waals surface area contributed by atoms with Crippen LogP contribution in [0.5, 0.6) is 0 Å². The Morgan fingerprint density at radius 3 is 2.53 bits per heavy atom. The lowest BCUT2D eigenvalue weighted by Crippen LogP contribution is -2.40. The number of carbonyl (C=O) groups is 1. The van der Waals surface area contributed by atoms with Crippen LogP contribution in [0.4, 0.5) is 0 Å². The zero-order chi connectivity index (χ0) is 11.1. The Kier molecular flexibility index (Phi) is 2.57. The largest absolute Gasteiger partial charge is 0.300 e. The van der Waals surface area contributed by atoms with Gasteiger partial charge in [0.2, 0.25) is 0 Å². The molecule has 1 aromatic rings. The minimum absolute atomic E-state index is 0.132. The van der Waals surface area contributed by atoms with Gasteiger partial charge < -0.3 is 0 Å². The first-order valence-electron chi connectivity index (χ1n) is 4.45. The third-order valence-electron chi connectivity index (χ3n) is 2.63. The number of Topliss-reactive ketones (excluding diaryl/α,β-unsaturated/α-hetero) is 1. The highest BCUT2D eigenvalue weighted by Crippen LogP contribution is 2.42. The molecular formula is C11H7BrClNO. The van der Waals surface area contributed by atoms with Crippen LogP contribution in [-0.2, 0) is 10.2 Å². The van der Waals surface area contributed by atoms with Crippen LogP contribution in [0.3, 0.4) is 0 Å². The highest BCUT2D eigenvalue weighted by atomic mass is 79.9. The van der Waals surface area contributed by atoms with Gasteiger partial charge in [-0.15, -0.1) is 0 Å². The van der Waals surface area contributed by atoms with Crippen LogP contribution in [0.25, 0.3) is 0 Å². The summed E-state index contributed by atoms with van der Waals surface area (Å²) in [6.07, 6.45) is 0.604. The van der Waals surface area contributed by atoms with Crippen molar-refractivity contribution in [3.63, 3.8) is 0 Å². The number of hydrogen-bond acceptors (Lipinski definition) is 2. The van der Waals surface area contributed by atoms with Gasteiger partial charge in [0.15, 0.2) is 0 Å². The Labute approximate surface area is 101 Å². The predicted octanol–water partition coefficient (Wildman–Crippen LogP) is 3.23. The fraction of sp³-hybridized carbons (Fsp3) is 0.273. The highest BCUT2D eigenvalue weighted by molar-refractivity contribution is 9.10. The maximum absolute atomic E-state index is 11.0. The van der Waals surface area contributed by atoms with E-state index in [1.54, 1.807) is 12.1 Å². The molecule has 1 aliphatic rings. The number of benzene rings is 1. The quantitative estimate of drug-likeness (QED) is 0.794. The molecule has 0 amide bonds. The second-order valence-electron chi connectivity index (χ2n) is 3.74. The molecule has 1 saturated carbocycles. The third-order valence-corrected chi connectivity index (χ3v) is 3.30. The van der Waals surface area contributed by atoms with Crippen LogP contribution in [0.15, 0.2) is 22.7 Å². The number of halogens is 2. The minimum atomic E-state index is -0.648. The maximum Gasteiger partial charge on any atom is 0.136 e. The van der Waals surface area contributed by atoms with E-state index in [-0.39, 0.29) is 5.78 Å². The Morgan fingerprint density at radius 2 is 2.07 bits per heavy atom. The molecule has 0 bridgehead atoms. The first kappa shape index (κ1) is 10.7. The minimum Gasteiger partial charge on any atom is -0.300 e. The maximum atomic E-state index is 11.0. The van der Waals surface area contributed by atoms with Gasteiger partial charge in [0.25, 0.3) is 0 Å². The van der Waals surface area contributed by atoms with Crippen molar-refractivity contribution in [3.05, 3.63) is 33.3 Å². The smallest absolute Gasteiger partial charge is 0.136 e. The van der Waals surface area contributed by atoms with E-state index >= 15 is 0 Å². The predicted molar refractivity (Wildman–Crippen MR) is 60.7 cm³/mol. The van der Waals surface area contributed by atoms with E-state index in [0.717, 1.165) is 10.0 Å². The number of rotatable bonds is 1. The standard InChI is InChI=1S/C11H7BrClNO/c12-8-1-7(2-9(13)3-8)11(6-14)4-10(15)5-11/h1-3H,4-5H2. The molecule has 2 nitrogen and oxygen atoms in total. The lowest BCUT2D eigenvalue weighted by Gasteiger charge is -2.34. The molecule has 15 heavy (non-hydrogen) atoms. The van der Waals surface area contributed by atoms with Gasteiger partial charge >= 0.3 is 0 Å². The van der Waals surface area contributed by atoms with Gasteiger partial charge in [0.1, 0.15) is 5.78 Å². The highest BCUT2D eigenvalue weighted by Gasteiger charge is 2.45. The van der Waals surface area contributed by atoms with Crippen molar-refractivity contribution >= 4 is 33.3 Å². The Balaban J connectivity index is 2.45. The van der Waals surface area contributed by atoms with Gasteiger partial charge in [-0.3, -0.25) is 4.79 Å². The van der Waals surface area contributed by atoms with E-state index in [2.05, 4.69) is 22.0 Å². The van der Waals surface area contributed by atoms with Gasteiger partial charge in [0, 0.05) is 22.3 Å². The molecule has 76 valence electrons. The zero-order valence-electron chi connectivity index (χ0n) is 7.76. The summed E-state index contributed by atoms with van der Waals surface area (Å²) in [6, 6.07) is 7.58. The molecule has 0 unspecified atom stereocenters. The van der Waals surface area contributed by atoms with Crippen molar-refractivity contribution in [2.75, 3.05) is 0 Å². The van der Waals surface area contributed by atoms with Gasteiger partial charge in [-0.05, 0) is 23.8 Å². The van der Waals surface area contributed by atoms with Gasteiger partial charge in [-0.2, -0.15) is 5.26 Å². The van der Waals surface area contributed by atoms with E-state index in [9.17, 15) is 4.79 Å². The van der Waals surface area contributed by atoms with Crippen molar-refractivity contribution in [2.45, 2.75) is 18.3 Å². The van der Waals surface area contributed by atoms with Gasteiger partial charge in [0.05, 0.1) is 11.5 Å². The van der Waals surface area contributed by atoms with Crippen molar-refractivity contribution in [1.29, 1.82) is 5.26 Å². The van der Waals surface area contributed by atoms with Gasteiger partial charge in [-0.1, -0.05) is 27.5 Å². The average molecular weight is 285 g/mol. The molecule has 1 aliphatic carbocycles. The van der Waals surface area contributed by atoms with E-state index in [1.165, 1.54) is 0 Å². The Morgan fingerprint density at radius 1 is 1.40 bits per heavy atom. The molecular weight excluding hydrogens is 277 g/mol. The number of carbonyl (C=O) groups excluding carboxylic acids is 1. The summed E-state index contributed by atoms with van der Waals surface area (Å²) in [6.45, 7) is 0.